The lowest BCUT2D eigenvalue weighted by Gasteiger charge is -2.34. The topological polar surface area (TPSA) is 42.8 Å². The van der Waals surface area contributed by atoms with Crippen molar-refractivity contribution < 1.29 is 4.42 Å². The van der Waals surface area contributed by atoms with Gasteiger partial charge in [-0.25, -0.2) is 4.99 Å². The monoisotopic (exact) mass is 603 g/mol. The van der Waals surface area contributed by atoms with Crippen LogP contribution in [0.25, 0.3) is 60.2 Å². The third-order valence-electron chi connectivity index (χ3n) is 9.90. The first-order valence-corrected chi connectivity index (χ1v) is 16.1. The molecule has 0 fully saturated rings. The van der Waals surface area contributed by atoms with Gasteiger partial charge >= 0.3 is 0 Å². The quantitative estimate of drug-likeness (QED) is 0.198. The van der Waals surface area contributed by atoms with E-state index < -0.39 is 0 Å². The second-order valence-corrected chi connectivity index (χ2v) is 12.8. The maximum Gasteiger partial charge on any atom is 0.156 e. The average Bonchev–Trinajstić information content (AvgIpc) is 3.65. The molecule has 0 bridgehead atoms. The van der Waals surface area contributed by atoms with Gasteiger partial charge in [0.05, 0.1) is 22.3 Å². The van der Waals surface area contributed by atoms with Crippen LogP contribution in [0.15, 0.2) is 166 Å². The number of hydrogen-bond donors (Lipinski definition) is 0. The van der Waals surface area contributed by atoms with Crippen LogP contribution in [0.2, 0.25) is 0 Å². The third kappa shape index (κ3) is 3.88. The molecule has 0 saturated heterocycles. The molecule has 10 rings (SSSR count). The Morgan fingerprint density at radius 1 is 0.660 bits per heavy atom. The molecule has 8 aromatic rings. The van der Waals surface area contributed by atoms with E-state index in [9.17, 15) is 0 Å². The number of hydrogen-bond acceptors (Lipinski definition) is 3. The lowest BCUT2D eigenvalue weighted by atomic mass is 9.79. The zero-order chi connectivity index (χ0) is 31.1. The number of furan rings is 1. The number of amidine groups is 1. The van der Waals surface area contributed by atoms with Gasteiger partial charge in [-0.05, 0) is 66.6 Å². The van der Waals surface area contributed by atoms with Crippen molar-refractivity contribution in [3.05, 3.63) is 162 Å². The highest BCUT2D eigenvalue weighted by Crippen LogP contribution is 2.41. The van der Waals surface area contributed by atoms with Crippen LogP contribution in [0.4, 0.5) is 0 Å². The van der Waals surface area contributed by atoms with Crippen molar-refractivity contribution in [2.75, 3.05) is 0 Å². The zero-order valence-corrected chi connectivity index (χ0v) is 25.8. The Balaban J connectivity index is 1.18. The molecule has 222 valence electrons. The van der Waals surface area contributed by atoms with Crippen molar-refractivity contribution in [2.45, 2.75) is 18.9 Å². The molecule has 0 spiro atoms. The van der Waals surface area contributed by atoms with Crippen molar-refractivity contribution >= 4 is 66.1 Å². The number of aromatic nitrogens is 1. The van der Waals surface area contributed by atoms with Gasteiger partial charge < -0.3 is 8.98 Å². The molecule has 6 aromatic carbocycles. The Morgan fingerprint density at radius 3 is 2.32 bits per heavy atom. The molecule has 47 heavy (non-hydrogen) atoms. The molecule has 1 aliphatic heterocycles. The molecular weight excluding hydrogens is 574 g/mol. The van der Waals surface area contributed by atoms with Gasteiger partial charge in [0.15, 0.2) is 5.84 Å². The first kappa shape index (κ1) is 26.2. The number of nitrogens with zero attached hydrogens (tertiary/aromatic N) is 3. The van der Waals surface area contributed by atoms with Crippen LogP contribution in [0.3, 0.4) is 0 Å². The number of para-hydroxylation sites is 1. The molecule has 0 saturated carbocycles. The fourth-order valence-corrected chi connectivity index (χ4v) is 7.60. The van der Waals surface area contributed by atoms with Gasteiger partial charge in [-0.1, -0.05) is 97.1 Å². The summed E-state index contributed by atoms with van der Waals surface area (Å²) in [4.78, 5) is 10.4. The minimum atomic E-state index is -0.360. The zero-order valence-electron chi connectivity index (χ0n) is 25.8. The lowest BCUT2D eigenvalue weighted by molar-refractivity contribution is 0.570. The summed E-state index contributed by atoms with van der Waals surface area (Å²) in [5.74, 6) is 0.766. The third-order valence-corrected chi connectivity index (χ3v) is 9.90. The molecule has 1 aliphatic carbocycles. The summed E-state index contributed by atoms with van der Waals surface area (Å²) in [6.07, 6.45) is 7.34. The Morgan fingerprint density at radius 2 is 1.45 bits per heavy atom. The number of benzene rings is 6. The van der Waals surface area contributed by atoms with Gasteiger partial charge in [0, 0.05) is 50.0 Å². The van der Waals surface area contributed by atoms with Crippen LogP contribution in [-0.4, -0.2) is 21.7 Å². The van der Waals surface area contributed by atoms with E-state index in [1.165, 1.54) is 32.6 Å². The van der Waals surface area contributed by atoms with E-state index in [2.05, 4.69) is 139 Å². The largest absolute Gasteiger partial charge is 0.456 e. The number of aliphatic imine (C=N–C) groups is 2. The van der Waals surface area contributed by atoms with Gasteiger partial charge in [0.2, 0.25) is 0 Å². The second kappa shape index (κ2) is 9.75. The maximum atomic E-state index is 6.38. The predicted octanol–water partition coefficient (Wildman–Crippen LogP) is 10.7. The number of allylic oxidation sites excluding steroid dienone is 2. The summed E-state index contributed by atoms with van der Waals surface area (Å²) in [7, 11) is 0. The first-order valence-electron chi connectivity index (χ1n) is 16.1. The molecule has 2 aliphatic rings. The van der Waals surface area contributed by atoms with Crippen LogP contribution in [0.5, 0.6) is 0 Å². The van der Waals surface area contributed by atoms with Crippen molar-refractivity contribution in [2.24, 2.45) is 9.98 Å². The minimum absolute atomic E-state index is 0.360. The van der Waals surface area contributed by atoms with Crippen LogP contribution in [0.1, 0.15) is 24.5 Å². The van der Waals surface area contributed by atoms with E-state index in [0.717, 1.165) is 62.2 Å². The Labute approximate surface area is 271 Å². The molecule has 2 aromatic heterocycles. The molecule has 0 amide bonds. The van der Waals surface area contributed by atoms with Gasteiger partial charge in [0.25, 0.3) is 0 Å². The van der Waals surface area contributed by atoms with E-state index in [4.69, 9.17) is 14.4 Å². The predicted molar refractivity (Wildman–Crippen MR) is 195 cm³/mol. The molecule has 4 heteroatoms. The van der Waals surface area contributed by atoms with Crippen molar-refractivity contribution in [1.29, 1.82) is 0 Å². The summed E-state index contributed by atoms with van der Waals surface area (Å²) in [5, 5.41) is 7.21. The molecule has 4 nitrogen and oxygen atoms in total. The van der Waals surface area contributed by atoms with E-state index in [-0.39, 0.29) is 5.54 Å². The van der Waals surface area contributed by atoms with Crippen LogP contribution in [0, 0.1) is 0 Å². The van der Waals surface area contributed by atoms with Crippen molar-refractivity contribution in [3.8, 4) is 5.69 Å². The van der Waals surface area contributed by atoms with Gasteiger partial charge in [-0.15, -0.1) is 0 Å². The minimum Gasteiger partial charge on any atom is -0.456 e. The molecule has 3 heterocycles. The SMILES string of the molecule is CC12CC=CC=C1C(c1ccccc1)=NC(c1ccc(-n3c4cc5oc6ccccc6c5cc4c4c5ccccc5ccc43)cc1)=N2. The fourth-order valence-electron chi connectivity index (χ4n) is 7.60. The van der Waals surface area contributed by atoms with E-state index >= 15 is 0 Å². The Hall–Kier alpha value is -6.00. The highest BCUT2D eigenvalue weighted by molar-refractivity contribution is 6.25. The Kier molecular flexibility index (Phi) is 5.44. The highest BCUT2D eigenvalue weighted by atomic mass is 16.3. The first-order chi connectivity index (χ1) is 23.1. The van der Waals surface area contributed by atoms with Gasteiger partial charge in [-0.3, -0.25) is 4.99 Å². The Bertz CT molecular complexity index is 2700. The van der Waals surface area contributed by atoms with Gasteiger partial charge in [-0.2, -0.15) is 0 Å². The second-order valence-electron chi connectivity index (χ2n) is 12.8. The van der Waals surface area contributed by atoms with Crippen molar-refractivity contribution in [1.82, 2.24) is 4.57 Å². The molecule has 0 N–H and O–H groups in total. The molecule has 1 unspecified atom stereocenters. The highest BCUT2D eigenvalue weighted by Gasteiger charge is 2.36. The molecular formula is C43H29N3O. The summed E-state index contributed by atoms with van der Waals surface area (Å²) in [5.41, 5.74) is 9.08. The van der Waals surface area contributed by atoms with Crippen LogP contribution in [-0.2, 0) is 0 Å². The van der Waals surface area contributed by atoms with Crippen LogP contribution < -0.4 is 0 Å². The van der Waals surface area contributed by atoms with E-state index in [1.807, 2.05) is 18.2 Å². The average molecular weight is 604 g/mol. The maximum absolute atomic E-state index is 6.38. The number of fused-ring (bicyclic) bond motifs is 9. The number of rotatable bonds is 3. The van der Waals surface area contributed by atoms with E-state index in [0.29, 0.717) is 0 Å². The summed E-state index contributed by atoms with van der Waals surface area (Å²) in [6, 6.07) is 45.1. The molecule has 0 radical (unpaired) electrons. The molecule has 1 atom stereocenters. The van der Waals surface area contributed by atoms with Crippen molar-refractivity contribution in [3.63, 3.8) is 0 Å². The summed E-state index contributed by atoms with van der Waals surface area (Å²) in [6.45, 7) is 2.22. The normalized spacial score (nSPS) is 17.8. The smallest absolute Gasteiger partial charge is 0.156 e. The van der Waals surface area contributed by atoms with E-state index in [1.54, 1.807) is 0 Å². The lowest BCUT2D eigenvalue weighted by Crippen LogP contribution is -2.36. The van der Waals surface area contributed by atoms with Crippen LogP contribution >= 0.6 is 0 Å². The summed E-state index contributed by atoms with van der Waals surface area (Å²) >= 11 is 0. The van der Waals surface area contributed by atoms with Gasteiger partial charge in [0.1, 0.15) is 11.2 Å². The standard InChI is InChI=1S/C43H29N3O/c1-43-24-10-9-16-35(43)41(28-12-3-2-4-13-28)44-42(45-43)29-18-21-30(22-19-29)46-36-23-20-27-11-5-6-14-31(27)40(36)34-25-33-32-15-7-8-17-38(32)47-39(33)26-37(34)46/h2-23,25-26H,24H2,1H3. The summed E-state index contributed by atoms with van der Waals surface area (Å²) < 4.78 is 8.74. The fraction of sp³-hybridized carbons (Fsp3) is 0.0698.